The van der Waals surface area contributed by atoms with Gasteiger partial charge in [-0.1, -0.05) is 45.0 Å². The number of hydrogen-bond donors (Lipinski definition) is 2. The number of pyridine rings is 1. The highest BCUT2D eigenvalue weighted by Gasteiger charge is 2.30. The van der Waals surface area contributed by atoms with E-state index in [1.54, 1.807) is 0 Å². The van der Waals surface area contributed by atoms with Crippen LogP contribution < -0.4 is 20.7 Å². The molecule has 3 heterocycles. The van der Waals surface area contributed by atoms with E-state index in [9.17, 15) is 9.59 Å². The summed E-state index contributed by atoms with van der Waals surface area (Å²) in [7, 11) is 0. The number of urea groups is 1. The van der Waals surface area contributed by atoms with Crippen LogP contribution in [-0.2, 0) is 4.79 Å². The lowest BCUT2D eigenvalue weighted by molar-refractivity contribution is -0.125. The van der Waals surface area contributed by atoms with Crippen LogP contribution in [0.3, 0.4) is 0 Å². The van der Waals surface area contributed by atoms with Crippen molar-refractivity contribution < 1.29 is 14.3 Å². The Labute approximate surface area is 235 Å². The smallest absolute Gasteiger partial charge is 0.343 e. The zero-order chi connectivity index (χ0) is 28.4. The van der Waals surface area contributed by atoms with E-state index in [-0.39, 0.29) is 30.2 Å². The number of nitrogens with one attached hydrogen (secondary N) is 1. The number of rotatable bonds is 6. The van der Waals surface area contributed by atoms with Gasteiger partial charge in [0, 0.05) is 18.0 Å². The minimum absolute atomic E-state index is 0.0189. The predicted molar refractivity (Wildman–Crippen MR) is 155 cm³/mol. The number of aliphatic imine (C=N–C) groups is 1. The van der Waals surface area contributed by atoms with Crippen molar-refractivity contribution in [3.8, 4) is 5.75 Å². The van der Waals surface area contributed by atoms with Gasteiger partial charge >= 0.3 is 6.03 Å². The number of anilines is 1. The lowest BCUT2D eigenvalue weighted by Crippen LogP contribution is -2.38. The fourth-order valence-corrected chi connectivity index (χ4v) is 5.49. The number of ketones is 1. The highest BCUT2D eigenvalue weighted by molar-refractivity contribution is 6.05. The summed E-state index contributed by atoms with van der Waals surface area (Å²) in [5, 5.41) is 11.8. The summed E-state index contributed by atoms with van der Waals surface area (Å²) in [6, 6.07) is 11.5. The van der Waals surface area contributed by atoms with Crippen LogP contribution in [0.25, 0.3) is 5.65 Å². The van der Waals surface area contributed by atoms with Gasteiger partial charge < -0.3 is 20.7 Å². The number of carbonyl (C=O) groups excluding carboxylic acids is 2. The summed E-state index contributed by atoms with van der Waals surface area (Å²) < 4.78 is 8.54. The predicted octanol–water partition coefficient (Wildman–Crippen LogP) is 5.14. The second-order valence-electron chi connectivity index (χ2n) is 11.9. The Morgan fingerprint density at radius 2 is 1.85 bits per heavy atom. The fourth-order valence-electron chi connectivity index (χ4n) is 5.49. The molecule has 10 nitrogen and oxygen atoms in total. The molecule has 3 atom stereocenters. The maximum absolute atomic E-state index is 12.7. The number of benzene rings is 1. The molecule has 1 aliphatic carbocycles. The molecule has 1 aromatic carbocycles. The van der Waals surface area contributed by atoms with Gasteiger partial charge in [-0.15, -0.1) is 10.2 Å². The number of carbonyl (C=O) groups is 2. The van der Waals surface area contributed by atoms with Crippen LogP contribution in [0.2, 0.25) is 0 Å². The van der Waals surface area contributed by atoms with Gasteiger partial charge in [-0.05, 0) is 62.3 Å². The lowest BCUT2D eigenvalue weighted by atomic mass is 9.85. The van der Waals surface area contributed by atoms with E-state index >= 15 is 0 Å². The average Bonchev–Trinajstić information content (AvgIpc) is 3.33. The van der Waals surface area contributed by atoms with E-state index < -0.39 is 11.4 Å². The number of hydrogen-bond acceptors (Lipinski definition) is 6. The zero-order valence-electron chi connectivity index (χ0n) is 23.8. The first-order valence-electron chi connectivity index (χ1n) is 14.1. The van der Waals surface area contributed by atoms with Crippen LogP contribution in [0.15, 0.2) is 47.6 Å². The van der Waals surface area contributed by atoms with Crippen molar-refractivity contribution in [2.24, 2.45) is 16.1 Å². The van der Waals surface area contributed by atoms with E-state index in [0.717, 1.165) is 47.9 Å². The van der Waals surface area contributed by atoms with E-state index in [4.69, 9.17) is 10.5 Å². The fraction of sp³-hybridized carbons (Fsp3) is 0.500. The summed E-state index contributed by atoms with van der Waals surface area (Å²) >= 11 is 0. The van der Waals surface area contributed by atoms with Crippen molar-refractivity contribution in [1.82, 2.24) is 19.9 Å². The Bertz CT molecular complexity index is 1420. The van der Waals surface area contributed by atoms with Crippen LogP contribution in [0, 0.1) is 5.41 Å². The molecule has 3 unspecified atom stereocenters. The number of amides is 2. The second kappa shape index (κ2) is 11.3. The molecule has 212 valence electrons. The first kappa shape index (κ1) is 27.6. The van der Waals surface area contributed by atoms with Gasteiger partial charge in [0.25, 0.3) is 0 Å². The third-order valence-electron chi connectivity index (χ3n) is 7.85. The summed E-state index contributed by atoms with van der Waals surface area (Å²) in [6.45, 7) is 8.66. The van der Waals surface area contributed by atoms with Crippen molar-refractivity contribution in [2.75, 3.05) is 11.4 Å². The van der Waals surface area contributed by atoms with Gasteiger partial charge in [-0.2, -0.15) is 4.99 Å². The van der Waals surface area contributed by atoms with Crippen LogP contribution in [0.4, 0.5) is 10.7 Å². The monoisotopic (exact) mass is 545 g/mol. The van der Waals surface area contributed by atoms with Gasteiger partial charge in [0.15, 0.2) is 5.65 Å². The normalized spacial score (nSPS) is 21.6. The summed E-state index contributed by atoms with van der Waals surface area (Å²) in [6.07, 6.45) is 6.67. The van der Waals surface area contributed by atoms with E-state index in [2.05, 4.69) is 32.3 Å². The molecule has 0 saturated carbocycles. The maximum Gasteiger partial charge on any atom is 0.343 e. The number of nitrogens with zero attached hydrogens (tertiary/aromatic N) is 5. The summed E-state index contributed by atoms with van der Waals surface area (Å²) in [5.41, 5.74) is 8.17. The van der Waals surface area contributed by atoms with Crippen LogP contribution in [-0.4, -0.2) is 44.8 Å². The third kappa shape index (κ3) is 5.95. The Morgan fingerprint density at radius 1 is 1.07 bits per heavy atom. The Balaban J connectivity index is 1.31. The second-order valence-corrected chi connectivity index (χ2v) is 11.9. The molecule has 40 heavy (non-hydrogen) atoms. The van der Waals surface area contributed by atoms with Crippen molar-refractivity contribution in [3.63, 3.8) is 0 Å². The SMILES string of the molecule is CC1CCCCN1c1nnc2ccc(OC3CCC(NC(=O)N=C(N)CC(=O)C(C)(C)C)c4ccccc43)cn12. The zero-order valence-corrected chi connectivity index (χ0v) is 23.8. The first-order valence-corrected chi connectivity index (χ1v) is 14.1. The number of fused-ring (bicyclic) bond motifs is 2. The number of ether oxygens (including phenoxy) is 1. The van der Waals surface area contributed by atoms with E-state index in [0.29, 0.717) is 18.9 Å². The van der Waals surface area contributed by atoms with Crippen molar-refractivity contribution in [3.05, 3.63) is 53.7 Å². The van der Waals surface area contributed by atoms with Gasteiger partial charge in [-0.3, -0.25) is 9.20 Å². The van der Waals surface area contributed by atoms with Gasteiger partial charge in [0.2, 0.25) is 5.95 Å². The largest absolute Gasteiger partial charge is 0.484 e. The van der Waals surface area contributed by atoms with Crippen molar-refractivity contribution in [2.45, 2.75) is 84.4 Å². The van der Waals surface area contributed by atoms with Crippen LogP contribution in [0.1, 0.15) is 89.5 Å². The number of amidine groups is 1. The summed E-state index contributed by atoms with van der Waals surface area (Å²) in [4.78, 5) is 31.2. The molecule has 3 N–H and O–H groups in total. The molecule has 5 rings (SSSR count). The minimum atomic E-state index is -0.545. The molecule has 1 saturated heterocycles. The van der Waals surface area contributed by atoms with E-state index in [1.807, 2.05) is 67.8 Å². The van der Waals surface area contributed by atoms with Crippen molar-refractivity contribution >= 4 is 29.2 Å². The third-order valence-corrected chi connectivity index (χ3v) is 7.85. The lowest BCUT2D eigenvalue weighted by Gasteiger charge is -2.33. The molecular formula is C30H39N7O3. The van der Waals surface area contributed by atoms with Gasteiger partial charge in [-0.25, -0.2) is 4.79 Å². The number of piperidine rings is 1. The standard InChI is InChI=1S/C30H39N7O3/c1-19-9-7-8-16-36(19)29-35-34-27-15-12-20(18-37(27)29)40-24-14-13-23(21-10-5-6-11-22(21)24)32-28(39)33-26(31)17-25(38)30(2,3)4/h5-6,10-12,15,18-19,23-24H,7-9,13-14,16-17H2,1-4H3,(H3,31,32,33,39). The molecule has 10 heteroatoms. The highest BCUT2D eigenvalue weighted by Crippen LogP contribution is 2.39. The molecule has 1 fully saturated rings. The Hall–Kier alpha value is -3.95. The quantitative estimate of drug-likeness (QED) is 0.324. The topological polar surface area (TPSA) is 127 Å². The summed E-state index contributed by atoms with van der Waals surface area (Å²) in [5.74, 6) is 1.54. The van der Waals surface area contributed by atoms with Crippen molar-refractivity contribution in [1.29, 1.82) is 0 Å². The highest BCUT2D eigenvalue weighted by atomic mass is 16.5. The number of nitrogens with two attached hydrogens (primary N) is 1. The molecule has 2 aromatic heterocycles. The molecular weight excluding hydrogens is 506 g/mol. The maximum atomic E-state index is 12.7. The first-order chi connectivity index (χ1) is 19.1. The molecule has 0 spiro atoms. The van der Waals surface area contributed by atoms with E-state index in [1.165, 1.54) is 6.42 Å². The molecule has 2 amide bonds. The minimum Gasteiger partial charge on any atom is -0.484 e. The molecule has 0 radical (unpaired) electrons. The average molecular weight is 546 g/mol. The van der Waals surface area contributed by atoms with Crippen LogP contribution >= 0.6 is 0 Å². The number of Topliss-reactive ketones (excluding diaryl/α,β-unsaturated/α-hetero) is 1. The molecule has 2 aliphatic rings. The Kier molecular flexibility index (Phi) is 7.78. The molecule has 3 aromatic rings. The molecule has 1 aliphatic heterocycles. The Morgan fingerprint density at radius 3 is 2.60 bits per heavy atom. The molecule has 0 bridgehead atoms. The van der Waals surface area contributed by atoms with Crippen LogP contribution in [0.5, 0.6) is 5.75 Å². The number of aromatic nitrogens is 3. The van der Waals surface area contributed by atoms with Gasteiger partial charge in [0.05, 0.1) is 18.7 Å². The van der Waals surface area contributed by atoms with Gasteiger partial charge in [0.1, 0.15) is 23.5 Å².